The van der Waals surface area contributed by atoms with Crippen molar-refractivity contribution in [1.29, 1.82) is 0 Å². The zero-order chi connectivity index (χ0) is 13.6. The van der Waals surface area contributed by atoms with E-state index in [0.29, 0.717) is 19.6 Å². The first-order chi connectivity index (χ1) is 8.56. The highest BCUT2D eigenvalue weighted by atomic mass is 32.2. The molecule has 6 heteroatoms. The lowest BCUT2D eigenvalue weighted by atomic mass is 10.0. The highest BCUT2D eigenvalue weighted by Gasteiger charge is 2.32. The quantitative estimate of drug-likeness (QED) is 0.708. The first kappa shape index (κ1) is 15.4. The highest BCUT2D eigenvalue weighted by molar-refractivity contribution is 7.86. The van der Waals surface area contributed by atoms with Gasteiger partial charge in [0.25, 0.3) is 10.2 Å². The van der Waals surface area contributed by atoms with Crippen LogP contribution in [0.5, 0.6) is 0 Å². The summed E-state index contributed by atoms with van der Waals surface area (Å²) in [5.41, 5.74) is 0. The van der Waals surface area contributed by atoms with E-state index in [1.54, 1.807) is 0 Å². The van der Waals surface area contributed by atoms with E-state index in [9.17, 15) is 8.42 Å². The Labute approximate surface area is 110 Å². The van der Waals surface area contributed by atoms with Crippen molar-refractivity contribution in [2.24, 2.45) is 5.92 Å². The molecular formula is C12H22N2O3S. The van der Waals surface area contributed by atoms with Gasteiger partial charge in [-0.05, 0) is 25.2 Å². The van der Waals surface area contributed by atoms with Gasteiger partial charge in [0.1, 0.15) is 0 Å². The number of aliphatic hydroxyl groups is 1. The molecule has 1 unspecified atom stereocenters. The summed E-state index contributed by atoms with van der Waals surface area (Å²) >= 11 is 0. The maximum absolute atomic E-state index is 12.4. The average molecular weight is 274 g/mol. The van der Waals surface area contributed by atoms with Crippen molar-refractivity contribution in [1.82, 2.24) is 8.61 Å². The smallest absolute Gasteiger partial charge is 0.282 e. The molecule has 18 heavy (non-hydrogen) atoms. The molecule has 1 atom stereocenters. The van der Waals surface area contributed by atoms with Crippen molar-refractivity contribution in [3.05, 3.63) is 0 Å². The maximum Gasteiger partial charge on any atom is 0.282 e. The van der Waals surface area contributed by atoms with Crippen LogP contribution in [-0.2, 0) is 10.2 Å². The first-order valence-electron chi connectivity index (χ1n) is 6.35. The molecule has 5 nitrogen and oxygen atoms in total. The summed E-state index contributed by atoms with van der Waals surface area (Å²) < 4.78 is 27.6. The van der Waals surface area contributed by atoms with Crippen molar-refractivity contribution < 1.29 is 13.5 Å². The van der Waals surface area contributed by atoms with Crippen LogP contribution in [0.2, 0.25) is 0 Å². The number of aliphatic hydroxyl groups excluding tert-OH is 1. The Kier molecular flexibility index (Phi) is 6.09. The van der Waals surface area contributed by atoms with Gasteiger partial charge in [0.05, 0.1) is 6.54 Å². The maximum atomic E-state index is 12.4. The summed E-state index contributed by atoms with van der Waals surface area (Å²) in [5.74, 6) is 2.44. The molecular weight excluding hydrogens is 252 g/mol. The van der Waals surface area contributed by atoms with Crippen molar-refractivity contribution >= 4 is 10.2 Å². The minimum atomic E-state index is -3.48. The molecule has 1 heterocycles. The highest BCUT2D eigenvalue weighted by Crippen LogP contribution is 2.20. The van der Waals surface area contributed by atoms with Crippen molar-refractivity contribution in [3.63, 3.8) is 0 Å². The molecule has 1 saturated heterocycles. The van der Waals surface area contributed by atoms with Crippen LogP contribution in [0.4, 0.5) is 0 Å². The molecule has 104 valence electrons. The van der Waals surface area contributed by atoms with Crippen molar-refractivity contribution in [2.45, 2.75) is 26.2 Å². The third kappa shape index (κ3) is 3.69. The van der Waals surface area contributed by atoms with Gasteiger partial charge in [-0.15, -0.1) is 6.42 Å². The summed E-state index contributed by atoms with van der Waals surface area (Å²) in [7, 11) is -3.48. The van der Waals surface area contributed by atoms with Gasteiger partial charge in [0, 0.05) is 26.2 Å². The lowest BCUT2D eigenvalue weighted by molar-refractivity contribution is 0.161. The zero-order valence-corrected chi connectivity index (χ0v) is 11.7. The summed E-state index contributed by atoms with van der Waals surface area (Å²) in [4.78, 5) is 0. The molecule has 0 aromatic carbocycles. The number of terminal acetylenes is 1. The van der Waals surface area contributed by atoms with Crippen LogP contribution in [0.1, 0.15) is 26.2 Å². The van der Waals surface area contributed by atoms with Gasteiger partial charge in [-0.2, -0.15) is 17.0 Å². The van der Waals surface area contributed by atoms with Crippen LogP contribution in [0, 0.1) is 18.3 Å². The second-order valence-corrected chi connectivity index (χ2v) is 6.52. The second-order valence-electron chi connectivity index (χ2n) is 4.59. The zero-order valence-electron chi connectivity index (χ0n) is 10.9. The number of hydrogen-bond acceptors (Lipinski definition) is 3. The minimum Gasteiger partial charge on any atom is -0.396 e. The van der Waals surface area contributed by atoms with Crippen LogP contribution >= 0.6 is 0 Å². The molecule has 0 aliphatic carbocycles. The molecule has 0 saturated carbocycles. The van der Waals surface area contributed by atoms with Crippen LogP contribution in [0.15, 0.2) is 0 Å². The molecule has 0 amide bonds. The topological polar surface area (TPSA) is 60.9 Å². The Morgan fingerprint density at radius 2 is 2.28 bits per heavy atom. The molecule has 0 radical (unpaired) electrons. The van der Waals surface area contributed by atoms with Crippen molar-refractivity contribution in [2.75, 3.05) is 32.8 Å². The molecule has 1 rings (SSSR count). The van der Waals surface area contributed by atoms with Crippen LogP contribution < -0.4 is 0 Å². The predicted octanol–water partition coefficient (Wildman–Crippen LogP) is 0.281. The van der Waals surface area contributed by atoms with Crippen LogP contribution in [0.3, 0.4) is 0 Å². The third-order valence-electron chi connectivity index (χ3n) is 3.13. The van der Waals surface area contributed by atoms with Gasteiger partial charge in [-0.25, -0.2) is 0 Å². The van der Waals surface area contributed by atoms with E-state index < -0.39 is 10.2 Å². The second kappa shape index (κ2) is 7.10. The summed E-state index contributed by atoms with van der Waals surface area (Å²) in [6, 6.07) is 0. The number of rotatable bonds is 6. The van der Waals surface area contributed by atoms with Gasteiger partial charge < -0.3 is 5.11 Å². The molecule has 1 N–H and O–H groups in total. The summed E-state index contributed by atoms with van der Waals surface area (Å²) in [5, 5.41) is 9.15. The average Bonchev–Trinajstić information content (AvgIpc) is 2.38. The van der Waals surface area contributed by atoms with Crippen LogP contribution in [-0.4, -0.2) is 54.9 Å². The van der Waals surface area contributed by atoms with E-state index in [2.05, 4.69) is 5.92 Å². The fourth-order valence-electron chi connectivity index (χ4n) is 2.18. The van der Waals surface area contributed by atoms with E-state index >= 15 is 0 Å². The Balaban J connectivity index is 2.79. The normalized spacial score (nSPS) is 22.0. The monoisotopic (exact) mass is 274 g/mol. The fraction of sp³-hybridized carbons (Fsp3) is 0.833. The standard InChI is InChI=1S/C12H22N2O3S/c1-3-7-13(8-4-2)18(16,17)14-9-5-6-12(10-14)11-15/h1,12,15H,4-11H2,2H3. The molecule has 1 fully saturated rings. The Morgan fingerprint density at radius 3 is 2.83 bits per heavy atom. The molecule has 0 aromatic rings. The largest absolute Gasteiger partial charge is 0.396 e. The molecule has 1 aliphatic heterocycles. The van der Waals surface area contributed by atoms with Crippen LogP contribution in [0.25, 0.3) is 0 Å². The van der Waals surface area contributed by atoms with Gasteiger partial charge in [-0.1, -0.05) is 12.8 Å². The third-order valence-corrected chi connectivity index (χ3v) is 5.08. The number of hydrogen-bond donors (Lipinski definition) is 1. The van der Waals surface area contributed by atoms with E-state index in [1.807, 2.05) is 6.92 Å². The molecule has 0 spiro atoms. The molecule has 0 aromatic heterocycles. The van der Waals surface area contributed by atoms with Gasteiger partial charge >= 0.3 is 0 Å². The number of nitrogens with zero attached hydrogens (tertiary/aromatic N) is 2. The lowest BCUT2D eigenvalue weighted by Crippen LogP contribution is -2.48. The van der Waals surface area contributed by atoms with Gasteiger partial charge in [0.15, 0.2) is 0 Å². The van der Waals surface area contributed by atoms with Gasteiger partial charge in [-0.3, -0.25) is 0 Å². The fourth-order valence-corrected chi connectivity index (χ4v) is 3.91. The van der Waals surface area contributed by atoms with Gasteiger partial charge in [0.2, 0.25) is 0 Å². The van der Waals surface area contributed by atoms with Crippen molar-refractivity contribution in [3.8, 4) is 12.3 Å². The Morgan fingerprint density at radius 1 is 1.56 bits per heavy atom. The summed E-state index contributed by atoms with van der Waals surface area (Å²) in [6.45, 7) is 3.41. The Hall–Kier alpha value is -0.610. The van der Waals surface area contributed by atoms with E-state index in [1.165, 1.54) is 8.61 Å². The first-order valence-corrected chi connectivity index (χ1v) is 7.75. The lowest BCUT2D eigenvalue weighted by Gasteiger charge is -2.34. The van der Waals surface area contributed by atoms with E-state index in [0.717, 1.165) is 19.3 Å². The molecule has 1 aliphatic rings. The summed E-state index contributed by atoms with van der Waals surface area (Å²) in [6.07, 6.45) is 7.63. The minimum absolute atomic E-state index is 0.0366. The predicted molar refractivity (Wildman–Crippen MR) is 71.0 cm³/mol. The number of piperidine rings is 1. The van der Waals surface area contributed by atoms with E-state index in [4.69, 9.17) is 11.5 Å². The van der Waals surface area contributed by atoms with E-state index in [-0.39, 0.29) is 19.1 Å². The SMILES string of the molecule is C#CCN(CCC)S(=O)(=O)N1CCCC(CO)C1. The Bertz CT molecular complexity index is 389. The molecule has 0 bridgehead atoms.